The monoisotopic (exact) mass is 472 g/mol. The molecule has 4 aliphatic carbocycles. The molecule has 0 unspecified atom stereocenters. The van der Waals surface area contributed by atoms with Gasteiger partial charge in [0.15, 0.2) is 0 Å². The summed E-state index contributed by atoms with van der Waals surface area (Å²) in [4.78, 5) is 0. The van der Waals surface area contributed by atoms with Crippen LogP contribution in [0.2, 0.25) is 0 Å². The predicted octanol–water partition coefficient (Wildman–Crippen LogP) is 7.52. The molecule has 2 heteroatoms. The SMILES string of the molecule is BrC1=CC2(C=C(Br)C=C3C2=Cc2ccccc23)C2=Cc3ccccc3C2=C1. The Morgan fingerprint density at radius 3 is 1.48 bits per heavy atom. The normalized spacial score (nSPS) is 20.4. The van der Waals surface area contributed by atoms with E-state index in [1.807, 2.05) is 0 Å². The molecule has 0 radical (unpaired) electrons. The second-order valence-corrected chi connectivity index (χ2v) is 9.17. The van der Waals surface area contributed by atoms with Crippen molar-refractivity contribution in [2.24, 2.45) is 5.41 Å². The number of halogens is 2. The van der Waals surface area contributed by atoms with E-state index in [2.05, 4.69) is 117 Å². The van der Waals surface area contributed by atoms with Crippen LogP contribution in [0.3, 0.4) is 0 Å². The van der Waals surface area contributed by atoms with Crippen molar-refractivity contribution < 1.29 is 0 Å². The minimum atomic E-state index is -0.274. The van der Waals surface area contributed by atoms with Gasteiger partial charge in [-0.25, -0.2) is 0 Å². The van der Waals surface area contributed by atoms with Crippen LogP contribution in [0.5, 0.6) is 0 Å². The Balaban J connectivity index is 1.65. The molecule has 0 fully saturated rings. The molecule has 0 bridgehead atoms. The molecule has 0 nitrogen and oxygen atoms in total. The number of hydrogen-bond acceptors (Lipinski definition) is 0. The quantitative estimate of drug-likeness (QED) is 0.371. The molecule has 0 saturated carbocycles. The number of benzene rings is 2. The van der Waals surface area contributed by atoms with Gasteiger partial charge in [-0.2, -0.15) is 0 Å². The van der Waals surface area contributed by atoms with Crippen LogP contribution in [0.4, 0.5) is 0 Å². The maximum atomic E-state index is 3.81. The van der Waals surface area contributed by atoms with Gasteiger partial charge in [-0.05, 0) is 68.9 Å². The summed E-state index contributed by atoms with van der Waals surface area (Å²) in [6.45, 7) is 0. The third kappa shape index (κ3) is 2.09. The Morgan fingerprint density at radius 1 is 0.556 bits per heavy atom. The number of allylic oxidation sites excluding steroid dienone is 10. The minimum absolute atomic E-state index is 0.274. The number of rotatable bonds is 0. The number of hydrogen-bond donors (Lipinski definition) is 0. The van der Waals surface area contributed by atoms with Crippen molar-refractivity contribution in [3.63, 3.8) is 0 Å². The molecule has 27 heavy (non-hydrogen) atoms. The third-order valence-corrected chi connectivity index (χ3v) is 6.78. The van der Waals surface area contributed by atoms with Crippen LogP contribution >= 0.6 is 31.9 Å². The number of fused-ring (bicyclic) bond motifs is 8. The van der Waals surface area contributed by atoms with Crippen LogP contribution < -0.4 is 0 Å². The largest absolute Gasteiger partial charge is 0.0616 e. The van der Waals surface area contributed by atoms with Gasteiger partial charge in [0, 0.05) is 8.96 Å². The maximum absolute atomic E-state index is 3.81. The molecule has 2 aromatic carbocycles. The topological polar surface area (TPSA) is 0 Å². The van der Waals surface area contributed by atoms with E-state index in [1.54, 1.807) is 0 Å². The Bertz CT molecular complexity index is 1130. The fraction of sp³-hybridized carbons (Fsp3) is 0.0400. The van der Waals surface area contributed by atoms with Crippen molar-refractivity contribution in [3.05, 3.63) is 115 Å². The van der Waals surface area contributed by atoms with E-state index in [1.165, 1.54) is 44.5 Å². The van der Waals surface area contributed by atoms with E-state index in [0.717, 1.165) is 8.96 Å². The van der Waals surface area contributed by atoms with Crippen molar-refractivity contribution >= 4 is 55.2 Å². The summed E-state index contributed by atoms with van der Waals surface area (Å²) in [5, 5.41) is 0. The molecule has 2 aromatic rings. The fourth-order valence-electron chi connectivity index (χ4n) is 4.78. The Labute approximate surface area is 175 Å². The second-order valence-electron chi connectivity index (χ2n) is 7.33. The van der Waals surface area contributed by atoms with Crippen molar-refractivity contribution in [2.75, 3.05) is 0 Å². The average molecular weight is 474 g/mol. The van der Waals surface area contributed by atoms with Gasteiger partial charge in [-0.1, -0.05) is 92.5 Å². The van der Waals surface area contributed by atoms with Crippen LogP contribution in [-0.2, 0) is 0 Å². The summed E-state index contributed by atoms with van der Waals surface area (Å²) in [7, 11) is 0. The smallest absolute Gasteiger partial charge is 0.0602 e. The van der Waals surface area contributed by atoms with Gasteiger partial charge < -0.3 is 0 Å². The standard InChI is InChI=1S/C25H14Br2/c26-17-11-21-19-7-3-1-5-15(19)9-23(21)25(13-17)14-18(27)12-22-20-8-4-2-6-16(20)10-24(22)25/h1-14H. The zero-order valence-electron chi connectivity index (χ0n) is 14.3. The first-order valence-electron chi connectivity index (χ1n) is 9.00. The Hall–Kier alpha value is -2.16. The molecule has 0 aliphatic heterocycles. The molecule has 0 atom stereocenters. The highest BCUT2D eigenvalue weighted by Gasteiger charge is 2.45. The van der Waals surface area contributed by atoms with Crippen LogP contribution in [0.25, 0.3) is 23.3 Å². The van der Waals surface area contributed by atoms with E-state index >= 15 is 0 Å². The molecular formula is C25H14Br2. The molecule has 0 amide bonds. The van der Waals surface area contributed by atoms with Gasteiger partial charge >= 0.3 is 0 Å². The van der Waals surface area contributed by atoms with Crippen molar-refractivity contribution in [1.29, 1.82) is 0 Å². The molecule has 128 valence electrons. The van der Waals surface area contributed by atoms with Gasteiger partial charge in [-0.3, -0.25) is 0 Å². The molecule has 0 aromatic heterocycles. The molecule has 4 aliphatic rings. The average Bonchev–Trinajstić information content (AvgIpc) is 3.22. The first-order chi connectivity index (χ1) is 13.2. The van der Waals surface area contributed by atoms with E-state index in [0.29, 0.717) is 0 Å². The molecule has 0 saturated heterocycles. The molecule has 0 N–H and O–H groups in total. The van der Waals surface area contributed by atoms with Crippen LogP contribution in [0.15, 0.2) is 92.9 Å². The lowest BCUT2D eigenvalue weighted by atomic mass is 9.65. The summed E-state index contributed by atoms with van der Waals surface area (Å²) >= 11 is 7.61. The summed E-state index contributed by atoms with van der Waals surface area (Å²) in [6, 6.07) is 17.3. The highest BCUT2D eigenvalue weighted by atomic mass is 79.9. The van der Waals surface area contributed by atoms with Gasteiger partial charge in [0.2, 0.25) is 0 Å². The highest BCUT2D eigenvalue weighted by Crippen LogP contribution is 2.61. The predicted molar refractivity (Wildman–Crippen MR) is 121 cm³/mol. The Morgan fingerprint density at radius 2 is 1.00 bits per heavy atom. The first-order valence-corrected chi connectivity index (χ1v) is 10.6. The lowest BCUT2D eigenvalue weighted by Gasteiger charge is -2.38. The second kappa shape index (κ2) is 5.43. The van der Waals surface area contributed by atoms with Crippen LogP contribution in [-0.4, -0.2) is 0 Å². The minimum Gasteiger partial charge on any atom is -0.0616 e. The third-order valence-electron chi connectivity index (χ3n) is 5.87. The molecular weight excluding hydrogens is 460 g/mol. The molecule has 0 heterocycles. The van der Waals surface area contributed by atoms with E-state index in [9.17, 15) is 0 Å². The highest BCUT2D eigenvalue weighted by molar-refractivity contribution is 9.12. The molecule has 1 spiro atoms. The van der Waals surface area contributed by atoms with Gasteiger partial charge in [-0.15, -0.1) is 0 Å². The van der Waals surface area contributed by atoms with Crippen molar-refractivity contribution in [3.8, 4) is 0 Å². The van der Waals surface area contributed by atoms with Gasteiger partial charge in [0.1, 0.15) is 0 Å². The zero-order chi connectivity index (χ0) is 18.2. The summed E-state index contributed by atoms with van der Waals surface area (Å²) in [5.41, 5.74) is 10.3. The van der Waals surface area contributed by atoms with E-state index in [-0.39, 0.29) is 5.41 Å². The summed E-state index contributed by atoms with van der Waals surface area (Å²) in [5.74, 6) is 0. The lowest BCUT2D eigenvalue weighted by molar-refractivity contribution is 0.751. The van der Waals surface area contributed by atoms with Crippen molar-refractivity contribution in [2.45, 2.75) is 0 Å². The maximum Gasteiger partial charge on any atom is 0.0602 e. The zero-order valence-corrected chi connectivity index (χ0v) is 17.5. The summed E-state index contributed by atoms with van der Waals surface area (Å²) in [6.07, 6.45) is 13.9. The fourth-order valence-corrected chi connectivity index (χ4v) is 5.96. The Kier molecular flexibility index (Phi) is 3.19. The summed E-state index contributed by atoms with van der Waals surface area (Å²) < 4.78 is 2.25. The lowest BCUT2D eigenvalue weighted by Crippen LogP contribution is -2.25. The molecule has 6 rings (SSSR count). The van der Waals surface area contributed by atoms with E-state index < -0.39 is 0 Å². The first kappa shape index (κ1) is 15.9. The van der Waals surface area contributed by atoms with Crippen LogP contribution in [0.1, 0.15) is 22.3 Å². The van der Waals surface area contributed by atoms with Gasteiger partial charge in [0.25, 0.3) is 0 Å². The van der Waals surface area contributed by atoms with Gasteiger partial charge in [0.05, 0.1) is 5.41 Å². The van der Waals surface area contributed by atoms with Crippen LogP contribution in [0, 0.1) is 5.41 Å². The van der Waals surface area contributed by atoms with Crippen molar-refractivity contribution in [1.82, 2.24) is 0 Å². The van der Waals surface area contributed by atoms with E-state index in [4.69, 9.17) is 0 Å².